The largest absolute Gasteiger partial charge is 0.506 e. The summed E-state index contributed by atoms with van der Waals surface area (Å²) in [5.74, 6) is -0.126. The molecule has 0 saturated heterocycles. The first kappa shape index (κ1) is 9.76. The van der Waals surface area contributed by atoms with Crippen LogP contribution in [0, 0.1) is 0 Å². The van der Waals surface area contributed by atoms with Gasteiger partial charge in [0.05, 0.1) is 19.9 Å². The first-order valence-corrected chi connectivity index (χ1v) is 4.66. The van der Waals surface area contributed by atoms with Gasteiger partial charge in [-0.1, -0.05) is 0 Å². The Morgan fingerprint density at radius 2 is 2.47 bits per heavy atom. The number of carbonyl (C=O) groups excluding carboxylic acids is 1. The van der Waals surface area contributed by atoms with Gasteiger partial charge in [0.1, 0.15) is 5.75 Å². The lowest BCUT2D eigenvalue weighted by Crippen LogP contribution is -2.15. The standard InChI is InChI=1S/C10H11NO4/c1-14-10(13)8-9-6(3-2-4-15-9)7(12)5-11-8/h5,12H,2-4H2,1H3. The van der Waals surface area contributed by atoms with Gasteiger partial charge < -0.3 is 14.6 Å². The molecule has 0 radical (unpaired) electrons. The predicted molar refractivity (Wildman–Crippen MR) is 51.1 cm³/mol. The van der Waals surface area contributed by atoms with Crippen LogP contribution in [-0.4, -0.2) is 29.8 Å². The van der Waals surface area contributed by atoms with Crippen LogP contribution in [0.4, 0.5) is 0 Å². The fourth-order valence-electron chi connectivity index (χ4n) is 1.58. The molecule has 2 rings (SSSR count). The second-order valence-electron chi connectivity index (χ2n) is 3.24. The number of rotatable bonds is 1. The molecule has 1 aromatic rings. The molecule has 0 spiro atoms. The Hall–Kier alpha value is -1.78. The maximum atomic E-state index is 11.4. The first-order chi connectivity index (χ1) is 7.24. The van der Waals surface area contributed by atoms with Crippen LogP contribution in [0.5, 0.6) is 11.5 Å². The van der Waals surface area contributed by atoms with Crippen molar-refractivity contribution < 1.29 is 19.4 Å². The molecule has 5 nitrogen and oxygen atoms in total. The van der Waals surface area contributed by atoms with Crippen molar-refractivity contribution in [2.45, 2.75) is 12.8 Å². The van der Waals surface area contributed by atoms with Crippen molar-refractivity contribution in [2.75, 3.05) is 13.7 Å². The number of hydrogen-bond acceptors (Lipinski definition) is 5. The Morgan fingerprint density at radius 3 is 3.20 bits per heavy atom. The first-order valence-electron chi connectivity index (χ1n) is 4.66. The summed E-state index contributed by atoms with van der Waals surface area (Å²) in [5, 5.41) is 9.54. The van der Waals surface area contributed by atoms with E-state index >= 15 is 0 Å². The Kier molecular flexibility index (Phi) is 2.45. The highest BCUT2D eigenvalue weighted by Crippen LogP contribution is 2.34. The summed E-state index contributed by atoms with van der Waals surface area (Å²) < 4.78 is 9.91. The van der Waals surface area contributed by atoms with Gasteiger partial charge in [0.25, 0.3) is 0 Å². The van der Waals surface area contributed by atoms with E-state index < -0.39 is 5.97 Å². The average molecular weight is 209 g/mol. The third kappa shape index (κ3) is 1.60. The zero-order valence-corrected chi connectivity index (χ0v) is 8.32. The molecule has 0 aromatic carbocycles. The number of esters is 1. The lowest BCUT2D eigenvalue weighted by molar-refractivity contribution is 0.0587. The fourth-order valence-corrected chi connectivity index (χ4v) is 1.58. The molecule has 1 aliphatic heterocycles. The van der Waals surface area contributed by atoms with E-state index in [1.54, 1.807) is 0 Å². The minimum absolute atomic E-state index is 0.0670. The van der Waals surface area contributed by atoms with Gasteiger partial charge in [0.15, 0.2) is 11.4 Å². The summed E-state index contributed by atoms with van der Waals surface area (Å²) in [6.45, 7) is 0.530. The number of pyridine rings is 1. The summed E-state index contributed by atoms with van der Waals surface area (Å²) in [6, 6.07) is 0. The normalized spacial score (nSPS) is 13.9. The van der Waals surface area contributed by atoms with Crippen molar-refractivity contribution in [3.63, 3.8) is 0 Å². The number of methoxy groups -OCH3 is 1. The molecule has 1 N–H and O–H groups in total. The Bertz CT molecular complexity index is 403. The average Bonchev–Trinajstić information content (AvgIpc) is 2.29. The SMILES string of the molecule is COC(=O)c1ncc(O)c2c1OCCC2. The molecule has 80 valence electrons. The molecule has 2 heterocycles. The predicted octanol–water partition coefficient (Wildman–Crippen LogP) is 0.899. The van der Waals surface area contributed by atoms with Crippen LogP contribution in [0.25, 0.3) is 0 Å². The van der Waals surface area contributed by atoms with Gasteiger partial charge in [-0.3, -0.25) is 0 Å². The van der Waals surface area contributed by atoms with Crippen LogP contribution >= 0.6 is 0 Å². The molecule has 1 aromatic heterocycles. The van der Waals surface area contributed by atoms with E-state index in [-0.39, 0.29) is 11.4 Å². The molecule has 0 bridgehead atoms. The lowest BCUT2D eigenvalue weighted by atomic mass is 10.1. The quantitative estimate of drug-likeness (QED) is 0.696. The molecule has 0 atom stereocenters. The molecule has 15 heavy (non-hydrogen) atoms. The molecule has 1 aliphatic rings. The highest BCUT2D eigenvalue weighted by Gasteiger charge is 2.24. The van der Waals surface area contributed by atoms with Crippen LogP contribution in [-0.2, 0) is 11.2 Å². The van der Waals surface area contributed by atoms with Gasteiger partial charge >= 0.3 is 5.97 Å². The van der Waals surface area contributed by atoms with E-state index in [9.17, 15) is 9.90 Å². The maximum Gasteiger partial charge on any atom is 0.360 e. The van der Waals surface area contributed by atoms with Crippen molar-refractivity contribution in [2.24, 2.45) is 0 Å². The molecular weight excluding hydrogens is 198 g/mol. The summed E-state index contributed by atoms with van der Waals surface area (Å²) >= 11 is 0. The minimum atomic E-state index is -0.548. The number of carbonyl (C=O) groups is 1. The maximum absolute atomic E-state index is 11.4. The van der Waals surface area contributed by atoms with Gasteiger partial charge in [-0.25, -0.2) is 9.78 Å². The lowest BCUT2D eigenvalue weighted by Gasteiger charge is -2.19. The Morgan fingerprint density at radius 1 is 1.67 bits per heavy atom. The van der Waals surface area contributed by atoms with Crippen LogP contribution in [0.15, 0.2) is 6.20 Å². The number of aromatic nitrogens is 1. The Labute approximate surface area is 86.7 Å². The summed E-state index contributed by atoms with van der Waals surface area (Å²) in [4.78, 5) is 15.2. The molecule has 0 aliphatic carbocycles. The molecule has 0 fully saturated rings. The molecule has 5 heteroatoms. The third-order valence-electron chi connectivity index (χ3n) is 2.31. The van der Waals surface area contributed by atoms with E-state index in [0.29, 0.717) is 24.3 Å². The van der Waals surface area contributed by atoms with Crippen molar-refractivity contribution in [3.05, 3.63) is 17.5 Å². The van der Waals surface area contributed by atoms with Crippen molar-refractivity contribution >= 4 is 5.97 Å². The topological polar surface area (TPSA) is 68.7 Å². The molecule has 0 amide bonds. The number of fused-ring (bicyclic) bond motifs is 1. The van der Waals surface area contributed by atoms with Gasteiger partial charge in [-0.15, -0.1) is 0 Å². The van der Waals surface area contributed by atoms with E-state index in [1.165, 1.54) is 13.3 Å². The Balaban J connectivity index is 2.52. The van der Waals surface area contributed by atoms with Gasteiger partial charge in [0, 0.05) is 5.56 Å². The van der Waals surface area contributed by atoms with Gasteiger partial charge in [0.2, 0.25) is 0 Å². The van der Waals surface area contributed by atoms with E-state index in [4.69, 9.17) is 4.74 Å². The smallest absolute Gasteiger partial charge is 0.360 e. The number of hydrogen-bond donors (Lipinski definition) is 1. The van der Waals surface area contributed by atoms with E-state index in [0.717, 1.165) is 6.42 Å². The van der Waals surface area contributed by atoms with Gasteiger partial charge in [-0.2, -0.15) is 0 Å². The molecule has 0 unspecified atom stereocenters. The van der Waals surface area contributed by atoms with Crippen molar-refractivity contribution in [1.82, 2.24) is 4.98 Å². The van der Waals surface area contributed by atoms with E-state index in [2.05, 4.69) is 9.72 Å². The second kappa shape index (κ2) is 3.76. The zero-order valence-electron chi connectivity index (χ0n) is 8.32. The van der Waals surface area contributed by atoms with Crippen molar-refractivity contribution in [1.29, 1.82) is 0 Å². The summed E-state index contributed by atoms with van der Waals surface area (Å²) in [5.41, 5.74) is 0.765. The molecule has 0 saturated carbocycles. The molecular formula is C10H11NO4. The third-order valence-corrected chi connectivity index (χ3v) is 2.31. The number of nitrogens with zero attached hydrogens (tertiary/aromatic N) is 1. The monoisotopic (exact) mass is 209 g/mol. The summed E-state index contributed by atoms with van der Waals surface area (Å²) in [7, 11) is 1.28. The van der Waals surface area contributed by atoms with Crippen LogP contribution in [0.1, 0.15) is 22.5 Å². The second-order valence-corrected chi connectivity index (χ2v) is 3.24. The van der Waals surface area contributed by atoms with Gasteiger partial charge in [-0.05, 0) is 12.8 Å². The highest BCUT2D eigenvalue weighted by atomic mass is 16.5. The number of aromatic hydroxyl groups is 1. The van der Waals surface area contributed by atoms with E-state index in [1.807, 2.05) is 0 Å². The highest BCUT2D eigenvalue weighted by molar-refractivity contribution is 5.91. The summed E-state index contributed by atoms with van der Waals surface area (Å²) in [6.07, 6.45) is 2.76. The minimum Gasteiger partial charge on any atom is -0.506 e. The van der Waals surface area contributed by atoms with Crippen LogP contribution in [0.2, 0.25) is 0 Å². The zero-order chi connectivity index (χ0) is 10.8. The van der Waals surface area contributed by atoms with Crippen molar-refractivity contribution in [3.8, 4) is 11.5 Å². The number of ether oxygens (including phenoxy) is 2. The van der Waals surface area contributed by atoms with Crippen LogP contribution in [0.3, 0.4) is 0 Å². The fraction of sp³-hybridized carbons (Fsp3) is 0.400. The van der Waals surface area contributed by atoms with Crippen LogP contribution < -0.4 is 4.74 Å².